The van der Waals surface area contributed by atoms with Crippen LogP contribution in [0.15, 0.2) is 11.4 Å². The van der Waals surface area contributed by atoms with Crippen LogP contribution in [0.4, 0.5) is 5.69 Å². The Balaban J connectivity index is 0.000000770. The normalized spacial score (nSPS) is 8.82. The van der Waals surface area contributed by atoms with E-state index in [0.717, 1.165) is 6.07 Å². The van der Waals surface area contributed by atoms with Crippen molar-refractivity contribution in [3.05, 3.63) is 37.5 Å². The second-order valence-electron chi connectivity index (χ2n) is 2.58. The second-order valence-corrected chi connectivity index (χ2v) is 2.93. The topological polar surface area (TPSA) is 143 Å². The lowest BCUT2D eigenvalue weighted by Crippen LogP contribution is -2.03. The third-order valence-corrected chi connectivity index (χ3v) is 1.86. The molecule has 0 unspecified atom stereocenters. The maximum absolute atomic E-state index is 10.6. The van der Waals surface area contributed by atoms with Crippen LogP contribution >= 0.6 is 11.6 Å². The predicted octanol–water partition coefficient (Wildman–Crippen LogP) is 1.79. The number of aryl methyl sites for hydroxylation is 1. The summed E-state index contributed by atoms with van der Waals surface area (Å²) in [7, 11) is 0. The lowest BCUT2D eigenvalue weighted by Gasteiger charge is -2.00. The maximum atomic E-state index is 10.6. The first kappa shape index (κ1) is 14.7. The molecule has 92 valence electrons. The molecular weight excluding hydrogens is 258 g/mol. The third-order valence-electron chi connectivity index (χ3n) is 1.57. The van der Waals surface area contributed by atoms with Gasteiger partial charge in [-0.15, -0.1) is 4.91 Å². The molecule has 10 heteroatoms. The van der Waals surface area contributed by atoms with E-state index in [1.807, 2.05) is 0 Å². The van der Waals surface area contributed by atoms with Gasteiger partial charge < -0.3 is 10.3 Å². The van der Waals surface area contributed by atoms with E-state index in [0.29, 0.717) is 0 Å². The van der Waals surface area contributed by atoms with Crippen LogP contribution in [0.25, 0.3) is 0 Å². The van der Waals surface area contributed by atoms with Crippen LogP contribution in [-0.4, -0.2) is 26.2 Å². The van der Waals surface area contributed by atoms with Gasteiger partial charge in [0.2, 0.25) is 0 Å². The Kier molecular flexibility index (Phi) is 5.47. The zero-order valence-corrected chi connectivity index (χ0v) is 9.08. The molecular formula is C7H6ClN3O6. The van der Waals surface area contributed by atoms with E-state index in [-0.39, 0.29) is 22.1 Å². The van der Waals surface area contributed by atoms with Crippen molar-refractivity contribution in [3.8, 4) is 0 Å². The van der Waals surface area contributed by atoms with E-state index < -0.39 is 10.9 Å². The Morgan fingerprint density at radius 2 is 2.12 bits per heavy atom. The molecule has 0 aliphatic rings. The van der Waals surface area contributed by atoms with Crippen LogP contribution in [0, 0.1) is 21.9 Å². The largest absolute Gasteiger partial charge is 0.478 e. The lowest BCUT2D eigenvalue weighted by atomic mass is 10.2. The number of hydrogen-bond acceptors (Lipinski definition) is 6. The Hall–Kier alpha value is -2.29. The number of carboxylic acids is 1. The summed E-state index contributed by atoms with van der Waals surface area (Å²) in [5.41, 5.74) is -0.638. The Labute approximate surface area is 98.7 Å². The molecule has 0 bridgehead atoms. The van der Waals surface area contributed by atoms with E-state index in [2.05, 4.69) is 4.98 Å². The van der Waals surface area contributed by atoms with Crippen molar-refractivity contribution >= 4 is 23.3 Å². The van der Waals surface area contributed by atoms with Crippen molar-refractivity contribution < 1.29 is 20.0 Å². The van der Waals surface area contributed by atoms with Crippen LogP contribution in [0.2, 0.25) is 5.15 Å². The number of hydrogen-bond donors (Lipinski definition) is 2. The van der Waals surface area contributed by atoms with Gasteiger partial charge in [-0.05, 0) is 6.92 Å². The fourth-order valence-corrected chi connectivity index (χ4v) is 1.16. The molecule has 1 rings (SSSR count). The van der Waals surface area contributed by atoms with Crippen molar-refractivity contribution in [2.75, 3.05) is 0 Å². The van der Waals surface area contributed by atoms with E-state index in [4.69, 9.17) is 26.8 Å². The molecule has 17 heavy (non-hydrogen) atoms. The number of carbonyl (C=O) groups is 1. The molecule has 0 aliphatic heterocycles. The fraction of sp³-hybridized carbons (Fsp3) is 0.143. The smallest absolute Gasteiger partial charge is 0.339 e. The zero-order chi connectivity index (χ0) is 13.6. The molecule has 1 heterocycles. The quantitative estimate of drug-likeness (QED) is 0.358. The highest BCUT2D eigenvalue weighted by atomic mass is 35.5. The van der Waals surface area contributed by atoms with Gasteiger partial charge in [0.1, 0.15) is 16.4 Å². The first-order valence-corrected chi connectivity index (χ1v) is 4.24. The molecule has 0 amide bonds. The Morgan fingerprint density at radius 3 is 2.47 bits per heavy atom. The van der Waals surface area contributed by atoms with Crippen LogP contribution in [-0.2, 0) is 0 Å². The molecule has 0 aliphatic carbocycles. The van der Waals surface area contributed by atoms with Gasteiger partial charge in [0.05, 0.1) is 4.92 Å². The monoisotopic (exact) mass is 263 g/mol. The molecule has 0 aromatic carbocycles. The summed E-state index contributed by atoms with van der Waals surface area (Å²) in [6.07, 6.45) is 0. The van der Waals surface area contributed by atoms with Crippen molar-refractivity contribution in [1.29, 1.82) is 0 Å². The number of pyridine rings is 1. The molecule has 0 fully saturated rings. The van der Waals surface area contributed by atoms with Crippen LogP contribution in [0.1, 0.15) is 16.1 Å². The molecule has 1 aromatic rings. The first-order chi connectivity index (χ1) is 7.84. The highest BCUT2D eigenvalue weighted by molar-refractivity contribution is 6.32. The van der Waals surface area contributed by atoms with Crippen molar-refractivity contribution in [2.24, 2.45) is 5.34 Å². The number of aromatic carboxylic acids is 1. The predicted molar refractivity (Wildman–Crippen MR) is 55.2 cm³/mol. The molecule has 0 saturated carbocycles. The van der Waals surface area contributed by atoms with E-state index in [9.17, 15) is 14.9 Å². The van der Waals surface area contributed by atoms with Gasteiger partial charge >= 0.3 is 5.97 Å². The van der Waals surface area contributed by atoms with E-state index in [1.54, 1.807) is 0 Å². The number of rotatable bonds is 2. The standard InChI is InChI=1S/C7H5ClN2O4.HNO2/c1-3-5(10(13)14)2-4(7(11)12)6(8)9-3;2-1-3/h2H,1H3,(H,11,12);(H,2,3). The number of halogens is 1. The van der Waals surface area contributed by atoms with Gasteiger partial charge in [-0.25, -0.2) is 9.78 Å². The van der Waals surface area contributed by atoms with E-state index >= 15 is 0 Å². The highest BCUT2D eigenvalue weighted by Gasteiger charge is 2.19. The minimum absolute atomic E-state index is 0.0880. The van der Waals surface area contributed by atoms with Gasteiger partial charge in [0.25, 0.3) is 5.69 Å². The third kappa shape index (κ3) is 3.99. The van der Waals surface area contributed by atoms with Crippen LogP contribution in [0.5, 0.6) is 0 Å². The minimum atomic E-state index is -1.34. The van der Waals surface area contributed by atoms with Gasteiger partial charge in [0.15, 0.2) is 5.34 Å². The number of aromatic nitrogens is 1. The highest BCUT2D eigenvalue weighted by Crippen LogP contribution is 2.22. The molecule has 9 nitrogen and oxygen atoms in total. The number of nitro groups is 1. The molecule has 0 atom stereocenters. The Bertz CT molecular complexity index is 428. The van der Waals surface area contributed by atoms with Crippen LogP contribution in [0.3, 0.4) is 0 Å². The molecule has 0 spiro atoms. The first-order valence-electron chi connectivity index (χ1n) is 3.86. The van der Waals surface area contributed by atoms with Crippen LogP contribution < -0.4 is 0 Å². The maximum Gasteiger partial charge on any atom is 0.339 e. The summed E-state index contributed by atoms with van der Waals surface area (Å²) >= 11 is 5.49. The number of carboxylic acid groups (broad SMARTS) is 1. The summed E-state index contributed by atoms with van der Waals surface area (Å²) in [5.74, 6) is -1.34. The SMILES string of the molecule is Cc1nc(Cl)c(C(=O)O)cc1[N+](=O)[O-].O=NO. The summed E-state index contributed by atoms with van der Waals surface area (Å²) < 4.78 is 0. The molecule has 1 aromatic heterocycles. The minimum Gasteiger partial charge on any atom is -0.478 e. The van der Waals surface area contributed by atoms with Crippen molar-refractivity contribution in [3.63, 3.8) is 0 Å². The van der Waals surface area contributed by atoms with Crippen molar-refractivity contribution in [2.45, 2.75) is 6.92 Å². The Morgan fingerprint density at radius 1 is 1.65 bits per heavy atom. The number of nitrogens with zero attached hydrogens (tertiary/aromatic N) is 3. The lowest BCUT2D eigenvalue weighted by molar-refractivity contribution is -0.385. The van der Waals surface area contributed by atoms with Crippen molar-refractivity contribution in [1.82, 2.24) is 4.98 Å². The summed E-state index contributed by atoms with van der Waals surface area (Å²) in [4.78, 5) is 32.0. The summed E-state index contributed by atoms with van der Waals surface area (Å²) in [6, 6.07) is 0.896. The summed E-state index contributed by atoms with van der Waals surface area (Å²) in [6.45, 7) is 1.38. The van der Waals surface area contributed by atoms with Gasteiger partial charge in [-0.1, -0.05) is 11.6 Å². The van der Waals surface area contributed by atoms with Gasteiger partial charge in [-0.2, -0.15) is 0 Å². The van der Waals surface area contributed by atoms with Gasteiger partial charge in [0, 0.05) is 6.07 Å². The zero-order valence-electron chi connectivity index (χ0n) is 8.32. The fourth-order valence-electron chi connectivity index (χ4n) is 0.900. The molecule has 0 saturated heterocycles. The second kappa shape index (κ2) is 6.33. The average molecular weight is 264 g/mol. The molecule has 2 N–H and O–H groups in total. The van der Waals surface area contributed by atoms with E-state index in [1.165, 1.54) is 12.3 Å². The average Bonchev–Trinajstić information content (AvgIpc) is 2.17. The summed E-state index contributed by atoms with van der Waals surface area (Å²) in [5, 5.41) is 26.7. The molecule has 0 radical (unpaired) electrons. The van der Waals surface area contributed by atoms with Gasteiger partial charge in [-0.3, -0.25) is 10.1 Å².